The molecule has 0 fully saturated rings. The molecule has 5 heteroatoms. The Hall–Kier alpha value is -3.21. The van der Waals surface area contributed by atoms with Crippen molar-refractivity contribution >= 4 is 22.5 Å². The smallest absolute Gasteiger partial charge is 0.168 e. The predicted molar refractivity (Wildman–Crippen MR) is 105 cm³/mol. The van der Waals surface area contributed by atoms with E-state index in [2.05, 4.69) is 78.4 Å². The number of nitrogens with zero attached hydrogens (tertiary/aromatic N) is 4. The Balaban J connectivity index is 1.82. The molecule has 0 aliphatic carbocycles. The Bertz CT molecular complexity index is 1110. The van der Waals surface area contributed by atoms with Gasteiger partial charge in [0.25, 0.3) is 0 Å². The Labute approximate surface area is 152 Å². The first-order valence-corrected chi connectivity index (χ1v) is 8.64. The van der Waals surface area contributed by atoms with Gasteiger partial charge in [-0.3, -0.25) is 0 Å². The van der Waals surface area contributed by atoms with Crippen LogP contribution >= 0.6 is 0 Å². The van der Waals surface area contributed by atoms with Crippen LogP contribution in [-0.4, -0.2) is 19.7 Å². The third-order valence-corrected chi connectivity index (χ3v) is 4.80. The van der Waals surface area contributed by atoms with E-state index in [1.165, 1.54) is 16.7 Å². The molecule has 2 aromatic carbocycles. The monoisotopic (exact) mass is 343 g/mol. The number of anilines is 2. The van der Waals surface area contributed by atoms with Crippen LogP contribution in [0.1, 0.15) is 22.3 Å². The highest BCUT2D eigenvalue weighted by molar-refractivity contribution is 5.89. The van der Waals surface area contributed by atoms with E-state index in [1.54, 1.807) is 6.33 Å². The summed E-state index contributed by atoms with van der Waals surface area (Å²) < 4.78 is 1.88. The summed E-state index contributed by atoms with van der Waals surface area (Å²) in [5.41, 5.74) is 7.71. The topological polar surface area (TPSA) is 55.6 Å². The maximum Gasteiger partial charge on any atom is 0.168 e. The highest BCUT2D eigenvalue weighted by Crippen LogP contribution is 2.27. The fraction of sp³-hybridized carbons (Fsp3) is 0.190. The summed E-state index contributed by atoms with van der Waals surface area (Å²) in [7, 11) is 0. The number of aryl methyl sites for hydroxylation is 3. The Morgan fingerprint density at radius 2 is 1.77 bits per heavy atom. The van der Waals surface area contributed by atoms with Crippen LogP contribution < -0.4 is 5.32 Å². The van der Waals surface area contributed by atoms with Crippen molar-refractivity contribution < 1.29 is 0 Å². The third kappa shape index (κ3) is 2.71. The van der Waals surface area contributed by atoms with Gasteiger partial charge in [-0.2, -0.15) is 5.10 Å². The van der Waals surface area contributed by atoms with Crippen LogP contribution in [0.2, 0.25) is 0 Å². The zero-order chi connectivity index (χ0) is 18.3. The van der Waals surface area contributed by atoms with E-state index >= 15 is 0 Å². The molecule has 0 saturated carbocycles. The van der Waals surface area contributed by atoms with Gasteiger partial charge in [0.15, 0.2) is 5.65 Å². The summed E-state index contributed by atoms with van der Waals surface area (Å²) in [5, 5.41) is 8.91. The molecule has 0 spiro atoms. The normalized spacial score (nSPS) is 11.1. The van der Waals surface area contributed by atoms with E-state index in [0.29, 0.717) is 0 Å². The highest BCUT2D eigenvalue weighted by Gasteiger charge is 2.13. The molecule has 2 aromatic heterocycles. The lowest BCUT2D eigenvalue weighted by Gasteiger charge is -2.11. The van der Waals surface area contributed by atoms with Crippen molar-refractivity contribution in [2.45, 2.75) is 27.7 Å². The van der Waals surface area contributed by atoms with Crippen molar-refractivity contribution in [3.63, 3.8) is 0 Å². The minimum Gasteiger partial charge on any atom is -0.339 e. The molecular weight excluding hydrogens is 322 g/mol. The molecular formula is C21H21N5. The molecule has 2 heterocycles. The maximum atomic E-state index is 4.57. The van der Waals surface area contributed by atoms with Gasteiger partial charge in [0, 0.05) is 5.69 Å². The SMILES string of the molecule is Cc1ccc(-n2ncc3c(Nc4cccc(C)c4C)ncnc32)c(C)c1. The van der Waals surface area contributed by atoms with E-state index in [9.17, 15) is 0 Å². The van der Waals surface area contributed by atoms with Gasteiger partial charge in [-0.05, 0) is 56.5 Å². The van der Waals surface area contributed by atoms with Crippen LogP contribution in [0.5, 0.6) is 0 Å². The summed E-state index contributed by atoms with van der Waals surface area (Å²) in [6, 6.07) is 12.5. The summed E-state index contributed by atoms with van der Waals surface area (Å²) >= 11 is 0. The number of rotatable bonds is 3. The Morgan fingerprint density at radius 3 is 2.58 bits per heavy atom. The molecule has 26 heavy (non-hydrogen) atoms. The molecule has 0 aliphatic rings. The number of hydrogen-bond donors (Lipinski definition) is 1. The van der Waals surface area contributed by atoms with E-state index in [1.807, 2.05) is 16.9 Å². The molecule has 0 saturated heterocycles. The van der Waals surface area contributed by atoms with Gasteiger partial charge in [-0.25, -0.2) is 14.6 Å². The zero-order valence-corrected chi connectivity index (χ0v) is 15.4. The van der Waals surface area contributed by atoms with E-state index in [4.69, 9.17) is 0 Å². The van der Waals surface area contributed by atoms with Crippen molar-refractivity contribution in [1.82, 2.24) is 19.7 Å². The second kappa shape index (κ2) is 6.26. The van der Waals surface area contributed by atoms with Crippen LogP contribution in [0, 0.1) is 27.7 Å². The summed E-state index contributed by atoms with van der Waals surface area (Å²) in [6.45, 7) is 8.39. The van der Waals surface area contributed by atoms with Gasteiger partial charge in [0.2, 0.25) is 0 Å². The van der Waals surface area contributed by atoms with Crippen molar-refractivity contribution in [3.05, 3.63) is 71.2 Å². The maximum absolute atomic E-state index is 4.57. The average Bonchev–Trinajstić information content (AvgIpc) is 3.04. The molecule has 0 amide bonds. The van der Waals surface area contributed by atoms with Crippen LogP contribution in [0.3, 0.4) is 0 Å². The number of fused-ring (bicyclic) bond motifs is 1. The van der Waals surface area contributed by atoms with Crippen molar-refractivity contribution in [1.29, 1.82) is 0 Å². The number of benzene rings is 2. The highest BCUT2D eigenvalue weighted by atomic mass is 15.3. The molecule has 0 unspecified atom stereocenters. The Kier molecular flexibility index (Phi) is 3.92. The number of nitrogens with one attached hydrogen (secondary N) is 1. The molecule has 4 rings (SSSR count). The molecule has 5 nitrogen and oxygen atoms in total. The fourth-order valence-corrected chi connectivity index (χ4v) is 3.18. The van der Waals surface area contributed by atoms with Gasteiger partial charge in [0.1, 0.15) is 12.1 Å². The minimum atomic E-state index is 0.764. The largest absolute Gasteiger partial charge is 0.339 e. The van der Waals surface area contributed by atoms with Gasteiger partial charge in [-0.15, -0.1) is 0 Å². The lowest BCUT2D eigenvalue weighted by atomic mass is 10.1. The first kappa shape index (κ1) is 16.3. The fourth-order valence-electron chi connectivity index (χ4n) is 3.18. The van der Waals surface area contributed by atoms with Gasteiger partial charge in [-0.1, -0.05) is 29.8 Å². The quantitative estimate of drug-likeness (QED) is 0.581. The van der Waals surface area contributed by atoms with Gasteiger partial charge < -0.3 is 5.32 Å². The minimum absolute atomic E-state index is 0.764. The second-order valence-corrected chi connectivity index (χ2v) is 6.68. The molecule has 1 N–H and O–H groups in total. The summed E-state index contributed by atoms with van der Waals surface area (Å²) in [5.74, 6) is 0.764. The van der Waals surface area contributed by atoms with Crippen LogP contribution in [0.4, 0.5) is 11.5 Å². The molecule has 0 radical (unpaired) electrons. The van der Waals surface area contributed by atoms with Gasteiger partial charge in [0.05, 0.1) is 17.3 Å². The lowest BCUT2D eigenvalue weighted by molar-refractivity contribution is 0.886. The van der Waals surface area contributed by atoms with Crippen molar-refractivity contribution in [3.8, 4) is 5.69 Å². The average molecular weight is 343 g/mol. The molecule has 4 aromatic rings. The molecule has 130 valence electrons. The zero-order valence-electron chi connectivity index (χ0n) is 15.4. The molecule has 0 bridgehead atoms. The van der Waals surface area contributed by atoms with E-state index < -0.39 is 0 Å². The third-order valence-electron chi connectivity index (χ3n) is 4.80. The molecule has 0 aliphatic heterocycles. The predicted octanol–water partition coefficient (Wildman–Crippen LogP) is 4.79. The standard InChI is InChI=1S/C21H21N5/c1-13-8-9-19(15(3)10-13)26-21-17(11-24-26)20(22-12-23-21)25-18-7-5-6-14(2)16(18)4/h5-12H,1-4H3,(H,22,23,25). The van der Waals surface area contributed by atoms with Crippen molar-refractivity contribution in [2.75, 3.05) is 5.32 Å². The summed E-state index contributed by atoms with van der Waals surface area (Å²) in [6.07, 6.45) is 3.40. The first-order valence-electron chi connectivity index (χ1n) is 8.64. The second-order valence-electron chi connectivity index (χ2n) is 6.68. The van der Waals surface area contributed by atoms with Crippen molar-refractivity contribution in [2.24, 2.45) is 0 Å². The summed E-state index contributed by atoms with van der Waals surface area (Å²) in [4.78, 5) is 8.91. The van der Waals surface area contributed by atoms with Crippen LogP contribution in [0.15, 0.2) is 48.9 Å². The van der Waals surface area contributed by atoms with E-state index in [0.717, 1.165) is 33.8 Å². The Morgan fingerprint density at radius 1 is 0.923 bits per heavy atom. The van der Waals surface area contributed by atoms with Crippen LogP contribution in [0.25, 0.3) is 16.7 Å². The molecule has 0 atom stereocenters. The van der Waals surface area contributed by atoms with Gasteiger partial charge >= 0.3 is 0 Å². The number of aromatic nitrogens is 4. The number of hydrogen-bond acceptors (Lipinski definition) is 4. The lowest BCUT2D eigenvalue weighted by Crippen LogP contribution is -2.02. The van der Waals surface area contributed by atoms with Crippen LogP contribution in [-0.2, 0) is 0 Å². The first-order chi connectivity index (χ1) is 12.5. The van der Waals surface area contributed by atoms with E-state index in [-0.39, 0.29) is 0 Å².